The average Bonchev–Trinajstić information content (AvgIpc) is 3.25. The Labute approximate surface area is 370 Å². The Morgan fingerprint density at radius 2 is 0.783 bits per heavy atom. The lowest BCUT2D eigenvalue weighted by Gasteiger charge is -2.18. The van der Waals surface area contributed by atoms with Crippen LogP contribution in [0.25, 0.3) is 0 Å². The van der Waals surface area contributed by atoms with Crippen LogP contribution in [0.5, 0.6) is 0 Å². The molecule has 0 spiro atoms. The van der Waals surface area contributed by atoms with E-state index in [1.54, 1.807) is 0 Å². The van der Waals surface area contributed by atoms with Gasteiger partial charge in [-0.1, -0.05) is 188 Å². The monoisotopic (exact) mass is 831 g/mol. The van der Waals surface area contributed by atoms with Crippen molar-refractivity contribution < 1.29 is 23.8 Å². The number of unbranched alkanes of at least 4 members (excludes halogenated alkanes) is 14. The summed E-state index contributed by atoms with van der Waals surface area (Å²) in [5, 5.41) is 0. The van der Waals surface area contributed by atoms with Crippen LogP contribution >= 0.6 is 0 Å². The van der Waals surface area contributed by atoms with Gasteiger partial charge in [-0.2, -0.15) is 0 Å². The topological polar surface area (TPSA) is 61.8 Å². The van der Waals surface area contributed by atoms with E-state index in [1.165, 1.54) is 57.8 Å². The lowest BCUT2D eigenvalue weighted by Crippen LogP contribution is -2.30. The van der Waals surface area contributed by atoms with Crippen LogP contribution in [0, 0.1) is 0 Å². The molecule has 5 nitrogen and oxygen atoms in total. The quantitative estimate of drug-likeness (QED) is 0.0348. The molecule has 0 bridgehead atoms. The first-order chi connectivity index (χ1) is 29.6. The average molecular weight is 831 g/mol. The molecule has 0 aliphatic carbocycles. The highest BCUT2D eigenvalue weighted by molar-refractivity contribution is 5.70. The third-order valence-corrected chi connectivity index (χ3v) is 9.79. The van der Waals surface area contributed by atoms with Gasteiger partial charge in [0.25, 0.3) is 0 Å². The second-order valence-electron chi connectivity index (χ2n) is 15.6. The van der Waals surface area contributed by atoms with E-state index in [0.29, 0.717) is 19.4 Å². The Hall–Kier alpha value is -3.44. The van der Waals surface area contributed by atoms with Crippen LogP contribution < -0.4 is 0 Å². The second kappa shape index (κ2) is 49.9. The van der Waals surface area contributed by atoms with Crippen molar-refractivity contribution in [1.82, 2.24) is 0 Å². The van der Waals surface area contributed by atoms with Gasteiger partial charge in [0.15, 0.2) is 6.10 Å². The van der Waals surface area contributed by atoms with Gasteiger partial charge in [0.1, 0.15) is 6.61 Å². The molecule has 0 aromatic rings. The van der Waals surface area contributed by atoms with Gasteiger partial charge in [0.2, 0.25) is 0 Å². The van der Waals surface area contributed by atoms with E-state index >= 15 is 0 Å². The van der Waals surface area contributed by atoms with Gasteiger partial charge in [-0.25, -0.2) is 0 Å². The van der Waals surface area contributed by atoms with Gasteiger partial charge in [-0.05, 0) is 109 Å². The Morgan fingerprint density at radius 3 is 1.27 bits per heavy atom. The minimum Gasteiger partial charge on any atom is -0.462 e. The van der Waals surface area contributed by atoms with E-state index in [-0.39, 0.29) is 31.6 Å². The molecule has 0 aromatic carbocycles. The van der Waals surface area contributed by atoms with Gasteiger partial charge in [-0.15, -0.1) is 0 Å². The number of rotatable bonds is 43. The number of carbonyl (C=O) groups is 2. The Kier molecular flexibility index (Phi) is 47.1. The summed E-state index contributed by atoms with van der Waals surface area (Å²) in [4.78, 5) is 25.3. The van der Waals surface area contributed by atoms with Crippen LogP contribution in [0.15, 0.2) is 109 Å². The largest absolute Gasteiger partial charge is 0.462 e. The molecular formula is C55H90O5. The molecule has 340 valence electrons. The Bertz CT molecular complexity index is 1210. The van der Waals surface area contributed by atoms with Gasteiger partial charge >= 0.3 is 11.9 Å². The Morgan fingerprint density at radius 1 is 0.383 bits per heavy atom. The third-order valence-electron chi connectivity index (χ3n) is 9.79. The van der Waals surface area contributed by atoms with Crippen LogP contribution in [0.3, 0.4) is 0 Å². The molecule has 60 heavy (non-hydrogen) atoms. The number of hydrogen-bond acceptors (Lipinski definition) is 5. The minimum absolute atomic E-state index is 0.0369. The maximum absolute atomic E-state index is 12.7. The summed E-state index contributed by atoms with van der Waals surface area (Å²) in [7, 11) is 0. The van der Waals surface area contributed by atoms with Crippen molar-refractivity contribution >= 4 is 11.9 Å². The minimum atomic E-state index is -0.595. The summed E-state index contributed by atoms with van der Waals surface area (Å²) in [5.41, 5.74) is 0. The molecule has 0 N–H and O–H groups in total. The fourth-order valence-electron chi connectivity index (χ4n) is 6.21. The highest BCUT2D eigenvalue weighted by Crippen LogP contribution is 2.12. The number of allylic oxidation sites excluding steroid dienone is 18. The molecule has 1 atom stereocenters. The number of hydrogen-bond donors (Lipinski definition) is 0. The summed E-state index contributed by atoms with van der Waals surface area (Å²) in [6, 6.07) is 0. The molecule has 0 aromatic heterocycles. The van der Waals surface area contributed by atoms with Crippen molar-refractivity contribution in [2.75, 3.05) is 19.8 Å². The standard InChI is InChI=1S/C55H90O5/c1-4-7-10-13-16-19-22-25-27-28-29-31-33-36-39-42-45-48-54(56)59-52-53(51-58-50-47-44-41-38-35-32-26-23-20-17-14-11-8-5-2)60-55(57)49-46-43-40-37-34-30-24-21-18-15-12-9-6-3/h8-9,11-12,16-21,25-27,30,32,34,40,43,53H,4-7,10,13-15,22-24,28-29,31,33,35-39,41-42,44-52H2,1-3H3/b11-8-,12-9-,19-16-,20-17-,21-18-,27-25-,32-26-,34-30-,43-40-. The van der Waals surface area contributed by atoms with E-state index in [0.717, 1.165) is 103 Å². The fourth-order valence-corrected chi connectivity index (χ4v) is 6.21. The molecule has 1 unspecified atom stereocenters. The van der Waals surface area contributed by atoms with Gasteiger partial charge in [0, 0.05) is 19.4 Å². The first-order valence-corrected chi connectivity index (χ1v) is 24.4. The van der Waals surface area contributed by atoms with Crippen molar-refractivity contribution in [1.29, 1.82) is 0 Å². The van der Waals surface area contributed by atoms with Crippen LogP contribution in [0.4, 0.5) is 0 Å². The lowest BCUT2D eigenvalue weighted by atomic mass is 10.1. The molecule has 0 saturated carbocycles. The van der Waals surface area contributed by atoms with Gasteiger partial charge in [0.05, 0.1) is 6.61 Å². The molecule has 0 aliphatic heterocycles. The molecule has 0 heterocycles. The number of esters is 2. The highest BCUT2D eigenvalue weighted by atomic mass is 16.6. The van der Waals surface area contributed by atoms with Crippen molar-refractivity contribution in [3.8, 4) is 0 Å². The van der Waals surface area contributed by atoms with Crippen LogP contribution in [0.2, 0.25) is 0 Å². The maximum atomic E-state index is 12.7. The van der Waals surface area contributed by atoms with Crippen LogP contribution in [-0.2, 0) is 23.8 Å². The molecule has 0 amide bonds. The summed E-state index contributed by atoms with van der Waals surface area (Å²) >= 11 is 0. The van der Waals surface area contributed by atoms with E-state index in [4.69, 9.17) is 14.2 Å². The van der Waals surface area contributed by atoms with Crippen molar-refractivity contribution in [3.05, 3.63) is 109 Å². The molecule has 0 saturated heterocycles. The lowest BCUT2D eigenvalue weighted by molar-refractivity contribution is -0.162. The Balaban J connectivity index is 4.41. The molecule has 5 heteroatoms. The second-order valence-corrected chi connectivity index (χ2v) is 15.6. The maximum Gasteiger partial charge on any atom is 0.306 e. The first-order valence-electron chi connectivity index (χ1n) is 24.4. The normalized spacial score (nSPS) is 13.2. The zero-order valence-electron chi connectivity index (χ0n) is 38.9. The first kappa shape index (κ1) is 56.6. The van der Waals surface area contributed by atoms with E-state index < -0.39 is 6.10 Å². The summed E-state index contributed by atoms with van der Waals surface area (Å²) in [6.45, 7) is 7.42. The molecular weight excluding hydrogens is 741 g/mol. The zero-order valence-corrected chi connectivity index (χ0v) is 38.9. The zero-order chi connectivity index (χ0) is 43.5. The third kappa shape index (κ3) is 47.2. The smallest absolute Gasteiger partial charge is 0.306 e. The van der Waals surface area contributed by atoms with Gasteiger partial charge < -0.3 is 14.2 Å². The van der Waals surface area contributed by atoms with Gasteiger partial charge in [-0.3, -0.25) is 9.59 Å². The number of carbonyl (C=O) groups excluding carboxylic acids is 2. The summed E-state index contributed by atoms with van der Waals surface area (Å²) in [5.74, 6) is -0.520. The SMILES string of the molecule is CC/C=C\C/C=C\C/C=C\C/C=C\CCC(=O)OC(COCCCCCC/C=C\C/C=C\C/C=C\CC)COC(=O)CCCCCCCCC/C=C\C/C=C\CCCCC. The highest BCUT2D eigenvalue weighted by Gasteiger charge is 2.17. The molecule has 0 fully saturated rings. The predicted octanol–water partition coefficient (Wildman–Crippen LogP) is 16.4. The predicted molar refractivity (Wildman–Crippen MR) is 260 cm³/mol. The summed E-state index contributed by atoms with van der Waals surface area (Å²) in [6.07, 6.45) is 68.2. The number of ether oxygens (including phenoxy) is 3. The van der Waals surface area contributed by atoms with Crippen molar-refractivity contribution in [2.24, 2.45) is 0 Å². The van der Waals surface area contributed by atoms with Crippen LogP contribution in [-0.4, -0.2) is 37.9 Å². The van der Waals surface area contributed by atoms with E-state index in [1.807, 2.05) is 6.08 Å². The molecule has 0 rings (SSSR count). The van der Waals surface area contributed by atoms with Crippen molar-refractivity contribution in [2.45, 2.75) is 207 Å². The molecule has 0 aliphatic rings. The fraction of sp³-hybridized carbons (Fsp3) is 0.636. The van der Waals surface area contributed by atoms with Crippen molar-refractivity contribution in [3.63, 3.8) is 0 Å². The van der Waals surface area contributed by atoms with Crippen LogP contribution in [0.1, 0.15) is 201 Å². The summed E-state index contributed by atoms with van der Waals surface area (Å²) < 4.78 is 17.3. The molecule has 0 radical (unpaired) electrons. The van der Waals surface area contributed by atoms with E-state index in [9.17, 15) is 9.59 Å². The van der Waals surface area contributed by atoms with E-state index in [2.05, 4.69) is 124 Å².